The van der Waals surface area contributed by atoms with Crippen LogP contribution >= 0.6 is 0 Å². The average molecular weight is 727 g/mol. The topological polar surface area (TPSA) is 166 Å². The fourth-order valence-electron chi connectivity index (χ4n) is 4.84. The van der Waals surface area contributed by atoms with E-state index in [9.17, 15) is 34.4 Å². The number of nitrogens with zero attached hydrogens (tertiary/aromatic N) is 1. The standard InChI is InChI=1S/C28H34NO6S2.C3H7O3S.Ni/c1-21-10-8-11-23(18-21)27(2,3)15-7-6-12-26-28(4,5)24-19-22(20-37(33,34)35)13-14-25(24)29(26)16-9-17-36(30,31)32;1-2-3-7(4,5)6;/h6-8,10,12-14,18-19H,9,16-17,20H2,1-5H3,(H,30,31,32)(H,33,34,35);1-3H2,(H,4,5,6);/q2*-1;/b7-6+,26-12+;;. The molecule has 0 spiro atoms. The maximum atomic E-state index is 11.5. The first-order valence-electron chi connectivity index (χ1n) is 13.9. The zero-order chi connectivity index (χ0) is 34.4. The van der Waals surface area contributed by atoms with Crippen molar-refractivity contribution >= 4 is 40.5 Å². The van der Waals surface area contributed by atoms with Gasteiger partial charge in [-0.05, 0) is 0 Å². The largest absolute Gasteiger partial charge is 0.342 e. The molecule has 1 heterocycles. The molecule has 0 saturated heterocycles. The van der Waals surface area contributed by atoms with Gasteiger partial charge in [0.25, 0.3) is 10.1 Å². The number of benzene rings is 2. The monoisotopic (exact) mass is 725 g/mol. The summed E-state index contributed by atoms with van der Waals surface area (Å²) in [5.74, 6) is -1.12. The summed E-state index contributed by atoms with van der Waals surface area (Å²) in [6.45, 7) is 13.7. The van der Waals surface area contributed by atoms with Crippen LogP contribution in [0.2, 0.25) is 0 Å². The van der Waals surface area contributed by atoms with Crippen molar-refractivity contribution in [3.8, 4) is 0 Å². The van der Waals surface area contributed by atoms with E-state index >= 15 is 0 Å². The fourth-order valence-corrected chi connectivity index (χ4v) is 6.53. The van der Waals surface area contributed by atoms with Gasteiger partial charge in [-0.1, -0.05) is 0 Å². The van der Waals surface area contributed by atoms with Gasteiger partial charge in [-0.2, -0.15) is 14.8 Å². The van der Waals surface area contributed by atoms with Crippen LogP contribution in [0.15, 0.2) is 60.3 Å². The van der Waals surface area contributed by atoms with E-state index in [1.54, 1.807) is 18.2 Å². The van der Waals surface area contributed by atoms with Gasteiger partial charge in [0.2, 0.25) is 0 Å². The molecule has 3 rings (SSSR count). The first-order chi connectivity index (χ1) is 20.5. The third kappa shape index (κ3) is 11.8. The van der Waals surface area contributed by atoms with Gasteiger partial charge >= 0.3 is 235 Å². The summed E-state index contributed by atoms with van der Waals surface area (Å²) in [4.78, 5) is 1.98. The first-order valence-corrected chi connectivity index (χ1v) is 19.2. The van der Waals surface area contributed by atoms with Gasteiger partial charge in [0.15, 0.2) is 0 Å². The van der Waals surface area contributed by atoms with Crippen molar-refractivity contribution in [1.29, 1.82) is 0 Å². The van der Waals surface area contributed by atoms with Crippen molar-refractivity contribution in [3.63, 3.8) is 0 Å². The molecule has 3 N–H and O–H groups in total. The van der Waals surface area contributed by atoms with Crippen LogP contribution in [0.25, 0.3) is 0 Å². The minimum atomic E-state index is -4.20. The van der Waals surface area contributed by atoms with Crippen LogP contribution in [0.1, 0.15) is 62.8 Å². The molecule has 0 radical (unpaired) electrons. The zero-order valence-corrected chi connectivity index (χ0v) is 29.4. The molecule has 0 saturated carbocycles. The summed E-state index contributed by atoms with van der Waals surface area (Å²) in [5.41, 5.74) is 4.15. The molecule has 1 aliphatic heterocycles. The van der Waals surface area contributed by atoms with E-state index < -0.39 is 46.9 Å². The van der Waals surface area contributed by atoms with Gasteiger partial charge in [-0.15, -0.1) is 0 Å². The van der Waals surface area contributed by atoms with Crippen molar-refractivity contribution < 1.29 is 53.9 Å². The number of rotatable bonds is 12. The molecule has 0 aliphatic carbocycles. The molecule has 0 amide bonds. The number of aryl methyl sites for hydroxylation is 1. The zero-order valence-electron chi connectivity index (χ0n) is 25.9. The molecule has 254 valence electrons. The Morgan fingerprint density at radius 1 is 1.00 bits per heavy atom. The molecule has 45 heavy (non-hydrogen) atoms. The van der Waals surface area contributed by atoms with Crippen LogP contribution in [0.3, 0.4) is 0 Å². The van der Waals surface area contributed by atoms with Crippen molar-refractivity contribution in [2.75, 3.05) is 23.0 Å². The minimum Gasteiger partial charge on any atom is -0.342 e. The van der Waals surface area contributed by atoms with Crippen molar-refractivity contribution in [2.24, 2.45) is 0 Å². The Morgan fingerprint density at radius 3 is 2.13 bits per heavy atom. The van der Waals surface area contributed by atoms with Crippen LogP contribution in [-0.4, -0.2) is 61.5 Å². The molecule has 0 aromatic heterocycles. The molecule has 0 bridgehead atoms. The number of fused-ring (bicyclic) bond motifs is 1. The fraction of sp³-hybridized carbons (Fsp3) is 0.419. The Balaban J connectivity index is 0.000000900. The molecule has 0 atom stereocenters. The van der Waals surface area contributed by atoms with Crippen molar-refractivity contribution in [2.45, 2.75) is 64.0 Å². The van der Waals surface area contributed by atoms with Crippen LogP contribution in [-0.2, 0) is 62.0 Å². The normalized spacial score (nSPS) is 16.1. The van der Waals surface area contributed by atoms with E-state index in [0.717, 1.165) is 32.6 Å². The van der Waals surface area contributed by atoms with E-state index in [2.05, 4.69) is 32.9 Å². The molecular weight excluding hydrogens is 685 g/mol. The van der Waals surface area contributed by atoms with E-state index in [4.69, 9.17) is 19.6 Å². The van der Waals surface area contributed by atoms with Crippen LogP contribution in [0.4, 0.5) is 5.69 Å². The third-order valence-electron chi connectivity index (χ3n) is 7.17. The maximum absolute atomic E-state index is 11.5. The molecule has 14 heteroatoms. The van der Waals surface area contributed by atoms with Crippen LogP contribution < -0.4 is 4.90 Å². The SMILES string of the molecule is Cc1cc[c-]c(C(C)(C)[C](=[Ni])/C=C/C=C2/N(CCCS(=O)(=O)O)c3ccc(CS(=O)(=O)O)cc3C2(C)C)c1.[CH2-]CCS(=O)(=O)O. The van der Waals surface area contributed by atoms with E-state index in [0.29, 0.717) is 12.1 Å². The quantitative estimate of drug-likeness (QED) is 0.157. The summed E-state index contributed by atoms with van der Waals surface area (Å²) in [6.07, 6.45) is 6.12. The predicted molar refractivity (Wildman–Crippen MR) is 175 cm³/mol. The average Bonchev–Trinajstić information content (AvgIpc) is 3.07. The summed E-state index contributed by atoms with van der Waals surface area (Å²) >= 11 is 5.40. The van der Waals surface area contributed by atoms with Gasteiger partial charge < -0.3 is 6.92 Å². The van der Waals surface area contributed by atoms with Crippen LogP contribution in [0.5, 0.6) is 0 Å². The molecule has 2 aromatic carbocycles. The molecule has 2 aromatic rings. The van der Waals surface area contributed by atoms with Crippen LogP contribution in [0, 0.1) is 19.9 Å². The Hall–Kier alpha value is -2.19. The first kappa shape index (κ1) is 39.0. The number of allylic oxidation sites excluding steroid dienone is 4. The summed E-state index contributed by atoms with van der Waals surface area (Å²) in [7, 11) is -12.1. The van der Waals surface area contributed by atoms with E-state index in [1.165, 1.54) is 0 Å². The number of hydrogen-bond donors (Lipinski definition) is 3. The molecular formula is C31H41NNiO9S3-2. The van der Waals surface area contributed by atoms with E-state index in [-0.39, 0.29) is 24.3 Å². The maximum Gasteiger partial charge on any atom is 0.262 e. The third-order valence-corrected chi connectivity index (χ3v) is 10.3. The van der Waals surface area contributed by atoms with Gasteiger partial charge in [-0.25, -0.2) is 0 Å². The van der Waals surface area contributed by atoms with E-state index in [1.807, 2.05) is 56.0 Å². The predicted octanol–water partition coefficient (Wildman–Crippen LogP) is 4.79. The minimum absolute atomic E-state index is 0.193. The smallest absolute Gasteiger partial charge is 0.262 e. The summed E-state index contributed by atoms with van der Waals surface area (Å²) in [5, 5.41) is 0. The summed E-state index contributed by atoms with van der Waals surface area (Å²) in [6, 6.07) is 14.4. The Bertz CT molecular complexity index is 1780. The van der Waals surface area contributed by atoms with Gasteiger partial charge in [0, 0.05) is 5.75 Å². The van der Waals surface area contributed by atoms with Gasteiger partial charge in [-0.3, -0.25) is 4.55 Å². The summed E-state index contributed by atoms with van der Waals surface area (Å²) < 4.78 is 92.3. The second kappa shape index (κ2) is 15.1. The Labute approximate surface area is 275 Å². The second-order valence-corrected chi connectivity index (χ2v) is 16.9. The van der Waals surface area contributed by atoms with Crippen molar-refractivity contribution in [3.05, 3.63) is 95.6 Å². The van der Waals surface area contributed by atoms with Crippen molar-refractivity contribution in [1.82, 2.24) is 0 Å². The molecule has 1 aliphatic rings. The van der Waals surface area contributed by atoms with Gasteiger partial charge in [0.1, 0.15) is 0 Å². The Kier molecular flexibility index (Phi) is 13.1. The number of hydrogen-bond acceptors (Lipinski definition) is 7. The number of anilines is 1. The molecule has 0 unspecified atom stereocenters. The Morgan fingerprint density at radius 2 is 1.62 bits per heavy atom. The molecule has 0 fully saturated rings. The van der Waals surface area contributed by atoms with Gasteiger partial charge in [0.05, 0.1) is 0 Å². The second-order valence-electron chi connectivity index (χ2n) is 11.8. The molecule has 10 nitrogen and oxygen atoms in total.